The second kappa shape index (κ2) is 11.1. The van der Waals surface area contributed by atoms with Crippen LogP contribution in [0.3, 0.4) is 0 Å². The van der Waals surface area contributed by atoms with Crippen molar-refractivity contribution in [1.29, 1.82) is 5.26 Å². The van der Waals surface area contributed by atoms with Gasteiger partial charge in [-0.2, -0.15) is 5.26 Å². The number of rotatable bonds is 8. The van der Waals surface area contributed by atoms with Gasteiger partial charge >= 0.3 is 0 Å². The Morgan fingerprint density at radius 1 is 1.14 bits per heavy atom. The Hall–Kier alpha value is -2.55. The van der Waals surface area contributed by atoms with Gasteiger partial charge < -0.3 is 4.42 Å². The van der Waals surface area contributed by atoms with Gasteiger partial charge in [0.2, 0.25) is 11.8 Å². The topological polar surface area (TPSA) is 96.9 Å². The molecular formula is C37H55N3O3. The van der Waals surface area contributed by atoms with Crippen LogP contribution in [0.2, 0.25) is 0 Å². The van der Waals surface area contributed by atoms with Crippen LogP contribution in [0.15, 0.2) is 27.7 Å². The second-order valence-electron chi connectivity index (χ2n) is 16.7. The maximum atomic E-state index is 13.3. The zero-order chi connectivity index (χ0) is 32.2. The lowest BCUT2D eigenvalue weighted by Crippen LogP contribution is -2.56. The Morgan fingerprint density at radius 2 is 1.81 bits per heavy atom. The first-order valence-electron chi connectivity index (χ1n) is 16.5. The molecule has 5 atom stereocenters. The van der Waals surface area contributed by atoms with Gasteiger partial charge in [-0.25, -0.2) is 0 Å². The number of nitrogens with zero attached hydrogens (tertiary/aromatic N) is 3. The van der Waals surface area contributed by atoms with Crippen molar-refractivity contribution in [2.45, 2.75) is 139 Å². The number of ketones is 2. The van der Waals surface area contributed by atoms with Crippen molar-refractivity contribution in [2.75, 3.05) is 0 Å². The van der Waals surface area contributed by atoms with Gasteiger partial charge in [0.05, 0.1) is 11.0 Å². The molecule has 236 valence electrons. The molecule has 43 heavy (non-hydrogen) atoms. The van der Waals surface area contributed by atoms with Crippen molar-refractivity contribution in [3.05, 3.63) is 35.1 Å². The second-order valence-corrected chi connectivity index (χ2v) is 16.7. The number of carbonyl (C=O) groups excluding carboxylic acids is 2. The van der Waals surface area contributed by atoms with Gasteiger partial charge in [0.15, 0.2) is 11.6 Å². The summed E-state index contributed by atoms with van der Waals surface area (Å²) in [4.78, 5) is 26.2. The van der Waals surface area contributed by atoms with E-state index < -0.39 is 10.8 Å². The average molecular weight is 590 g/mol. The number of nitriles is 1. The fourth-order valence-electron chi connectivity index (χ4n) is 9.42. The third kappa shape index (κ3) is 5.48. The quantitative estimate of drug-likeness (QED) is 0.281. The van der Waals surface area contributed by atoms with Crippen LogP contribution < -0.4 is 0 Å². The van der Waals surface area contributed by atoms with Crippen LogP contribution in [-0.2, 0) is 21.4 Å². The number of hydrogen-bond acceptors (Lipinski definition) is 6. The normalized spacial score (nSPS) is 34.8. The van der Waals surface area contributed by atoms with Crippen LogP contribution in [0, 0.1) is 50.2 Å². The highest BCUT2D eigenvalue weighted by Gasteiger charge is 2.61. The summed E-state index contributed by atoms with van der Waals surface area (Å²) in [6, 6.07) is 2.20. The Balaban J connectivity index is 1.77. The first-order chi connectivity index (χ1) is 19.8. The highest BCUT2D eigenvalue weighted by atomic mass is 16.4. The summed E-state index contributed by atoms with van der Waals surface area (Å²) in [5.74, 6) is 1.86. The first kappa shape index (κ1) is 33.3. The summed E-state index contributed by atoms with van der Waals surface area (Å²) >= 11 is 0. The van der Waals surface area contributed by atoms with Gasteiger partial charge in [-0.1, -0.05) is 80.9 Å². The molecule has 3 aliphatic carbocycles. The summed E-state index contributed by atoms with van der Waals surface area (Å²) in [6.45, 7) is 24.0. The average Bonchev–Trinajstić information content (AvgIpc) is 3.37. The van der Waals surface area contributed by atoms with Gasteiger partial charge in [0.25, 0.3) is 0 Å². The molecule has 0 bridgehead atoms. The Bertz CT molecular complexity index is 1370. The SMILES string of the molecule is CCCc1nnc([C@]2(CCC(C)(C)[C@]3(C)CC[C@H]4C(C)(C)C(=O)C(C#N)=C[C@]4(C)/C3=C/C(C)=O)CCC(C)(C)CC2C)o1. The predicted molar refractivity (Wildman–Crippen MR) is 170 cm³/mol. The highest BCUT2D eigenvalue weighted by Crippen LogP contribution is 2.67. The lowest BCUT2D eigenvalue weighted by molar-refractivity contribution is -0.131. The highest BCUT2D eigenvalue weighted by molar-refractivity contribution is 6.04. The molecule has 1 heterocycles. The molecule has 0 N–H and O–H groups in total. The third-order valence-corrected chi connectivity index (χ3v) is 12.5. The van der Waals surface area contributed by atoms with Crippen molar-refractivity contribution >= 4 is 11.6 Å². The molecule has 0 aliphatic heterocycles. The molecule has 0 saturated heterocycles. The molecule has 6 heteroatoms. The number of allylic oxidation sites excluding steroid dienone is 4. The van der Waals surface area contributed by atoms with E-state index in [1.165, 1.54) is 0 Å². The van der Waals surface area contributed by atoms with E-state index in [1.807, 2.05) is 26.0 Å². The van der Waals surface area contributed by atoms with Gasteiger partial charge in [-0.05, 0) is 92.4 Å². The van der Waals surface area contributed by atoms with Crippen LogP contribution in [0.25, 0.3) is 0 Å². The predicted octanol–water partition coefficient (Wildman–Crippen LogP) is 8.91. The molecule has 1 aromatic heterocycles. The number of aromatic nitrogens is 2. The summed E-state index contributed by atoms with van der Waals surface area (Å²) in [5.41, 5.74) is -0.400. The van der Waals surface area contributed by atoms with E-state index in [1.54, 1.807) is 6.92 Å². The van der Waals surface area contributed by atoms with Crippen LogP contribution in [0.4, 0.5) is 0 Å². The maximum absolute atomic E-state index is 13.3. The third-order valence-electron chi connectivity index (χ3n) is 12.5. The molecular weight excluding hydrogens is 534 g/mol. The van der Waals surface area contributed by atoms with Crippen molar-refractivity contribution < 1.29 is 14.0 Å². The number of aryl methyl sites for hydroxylation is 1. The van der Waals surface area contributed by atoms with Gasteiger partial charge in [-0.15, -0.1) is 10.2 Å². The van der Waals surface area contributed by atoms with Gasteiger partial charge in [0, 0.05) is 17.3 Å². The molecule has 0 amide bonds. The number of fused-ring (bicyclic) bond motifs is 1. The molecule has 0 spiro atoms. The largest absolute Gasteiger partial charge is 0.425 e. The van der Waals surface area contributed by atoms with E-state index in [4.69, 9.17) is 4.42 Å². The van der Waals surface area contributed by atoms with E-state index in [-0.39, 0.29) is 44.7 Å². The zero-order valence-electron chi connectivity index (χ0n) is 28.7. The lowest BCUT2D eigenvalue weighted by atomic mass is 9.42. The van der Waals surface area contributed by atoms with E-state index in [0.29, 0.717) is 5.92 Å². The Labute approximate surface area is 260 Å². The minimum absolute atomic E-state index is 0.00873. The number of carbonyl (C=O) groups is 2. The summed E-state index contributed by atoms with van der Waals surface area (Å²) in [5, 5.41) is 19.1. The van der Waals surface area contributed by atoms with Crippen molar-refractivity contribution in [3.8, 4) is 6.07 Å². The molecule has 6 nitrogen and oxygen atoms in total. The Kier molecular flexibility index (Phi) is 8.62. The van der Waals surface area contributed by atoms with Gasteiger partial charge in [-0.3, -0.25) is 9.59 Å². The minimum Gasteiger partial charge on any atom is -0.425 e. The van der Waals surface area contributed by atoms with Crippen LogP contribution in [-0.4, -0.2) is 21.8 Å². The minimum atomic E-state index is -0.682. The Morgan fingerprint density at radius 3 is 2.40 bits per heavy atom. The molecule has 4 rings (SSSR count). The van der Waals surface area contributed by atoms with Crippen molar-refractivity contribution in [1.82, 2.24) is 10.2 Å². The molecule has 0 aromatic carbocycles. The number of Topliss-reactive ketones (excluding diaryl/α,β-unsaturated/α-hetero) is 1. The van der Waals surface area contributed by atoms with Crippen LogP contribution in [0.1, 0.15) is 139 Å². The van der Waals surface area contributed by atoms with Crippen molar-refractivity contribution in [2.24, 2.45) is 38.9 Å². The molecule has 0 radical (unpaired) electrons. The fraction of sp³-hybridized carbons (Fsp3) is 0.757. The molecule has 1 aromatic rings. The molecule has 1 unspecified atom stereocenters. The molecule has 3 aliphatic rings. The maximum Gasteiger partial charge on any atom is 0.222 e. The van der Waals surface area contributed by atoms with E-state index in [9.17, 15) is 14.9 Å². The van der Waals surface area contributed by atoms with Crippen LogP contribution in [0.5, 0.6) is 0 Å². The van der Waals surface area contributed by atoms with E-state index in [0.717, 1.165) is 75.1 Å². The molecule has 2 saturated carbocycles. The summed E-state index contributed by atoms with van der Waals surface area (Å²) in [6.07, 6.45) is 12.3. The van der Waals surface area contributed by atoms with E-state index >= 15 is 0 Å². The standard InChI is InChI=1S/C37H55N3O3/c1-12-13-29-39-40-31(43-29)37(18-16-32(4,5)21-24(37)2)19-17-33(6,7)36(11)15-14-27-34(8,9)30(42)26(23-38)22-35(27,10)28(36)20-25(3)41/h20,22,24,27H,12-19,21H2,1-11H3/b28-20-/t24?,27-,35-,36+,37-/m0/s1. The van der Waals surface area contributed by atoms with E-state index in [2.05, 4.69) is 71.7 Å². The van der Waals surface area contributed by atoms with Gasteiger partial charge in [0.1, 0.15) is 6.07 Å². The first-order valence-corrected chi connectivity index (χ1v) is 16.5. The lowest BCUT2D eigenvalue weighted by Gasteiger charge is -2.61. The van der Waals surface area contributed by atoms with Crippen LogP contribution >= 0.6 is 0 Å². The zero-order valence-corrected chi connectivity index (χ0v) is 28.7. The number of hydrogen-bond donors (Lipinski definition) is 0. The van der Waals surface area contributed by atoms with Crippen molar-refractivity contribution in [3.63, 3.8) is 0 Å². The monoisotopic (exact) mass is 589 g/mol. The smallest absolute Gasteiger partial charge is 0.222 e. The summed E-state index contributed by atoms with van der Waals surface area (Å²) < 4.78 is 6.41. The molecule has 2 fully saturated rings. The summed E-state index contributed by atoms with van der Waals surface area (Å²) in [7, 11) is 0. The fourth-order valence-corrected chi connectivity index (χ4v) is 9.42.